The number of aromatic nitrogens is 1. The Hall–Kier alpha value is -1.29. The molecule has 0 radical (unpaired) electrons. The van der Waals surface area contributed by atoms with Gasteiger partial charge in [-0.1, -0.05) is 20.3 Å². The molecule has 1 atom stereocenters. The van der Waals surface area contributed by atoms with Crippen molar-refractivity contribution in [3.8, 4) is 5.75 Å². The first kappa shape index (κ1) is 16.1. The predicted octanol–water partition coefficient (Wildman–Crippen LogP) is 2.89. The zero-order valence-corrected chi connectivity index (χ0v) is 13.6. The molecule has 0 aliphatic carbocycles. The number of hydrogen-bond acceptors (Lipinski definition) is 3. The molecule has 0 spiro atoms. The Morgan fingerprint density at radius 2 is 2.19 bits per heavy atom. The highest BCUT2D eigenvalue weighted by Crippen LogP contribution is 2.22. The molecule has 0 saturated carbocycles. The van der Waals surface area contributed by atoms with Gasteiger partial charge in [-0.05, 0) is 38.6 Å². The molecular formula is C17H28N2O2. The molecule has 1 aliphatic heterocycles. The second-order valence-corrected chi connectivity index (χ2v) is 6.43. The summed E-state index contributed by atoms with van der Waals surface area (Å²) in [5.74, 6) is 0.636. The van der Waals surface area contributed by atoms with Crippen LogP contribution >= 0.6 is 0 Å². The highest BCUT2D eigenvalue weighted by Gasteiger charge is 2.20. The number of piperidine rings is 1. The van der Waals surface area contributed by atoms with E-state index < -0.39 is 0 Å². The summed E-state index contributed by atoms with van der Waals surface area (Å²) < 4.78 is 2.12. The van der Waals surface area contributed by atoms with Crippen LogP contribution in [0.15, 0.2) is 10.9 Å². The lowest BCUT2D eigenvalue weighted by Gasteiger charge is -2.32. The van der Waals surface area contributed by atoms with E-state index in [2.05, 4.69) is 23.3 Å². The Kier molecular flexibility index (Phi) is 5.45. The van der Waals surface area contributed by atoms with Crippen LogP contribution in [0, 0.1) is 12.8 Å². The number of unbranched alkanes of at least 4 members (excludes halogenated alkanes) is 1. The van der Waals surface area contributed by atoms with Crippen molar-refractivity contribution in [2.24, 2.45) is 5.92 Å². The summed E-state index contributed by atoms with van der Waals surface area (Å²) in [6.45, 7) is 10.0. The minimum atomic E-state index is -0.250. The van der Waals surface area contributed by atoms with Crippen molar-refractivity contribution in [2.75, 3.05) is 13.1 Å². The Morgan fingerprint density at radius 1 is 1.43 bits per heavy atom. The quantitative estimate of drug-likeness (QED) is 0.907. The van der Waals surface area contributed by atoms with Crippen LogP contribution < -0.4 is 5.43 Å². The van der Waals surface area contributed by atoms with Crippen LogP contribution in [0.4, 0.5) is 0 Å². The molecule has 1 N–H and O–H groups in total. The van der Waals surface area contributed by atoms with Crippen molar-refractivity contribution in [3.05, 3.63) is 27.7 Å². The summed E-state index contributed by atoms with van der Waals surface area (Å²) in [5.41, 5.74) is 1.49. The van der Waals surface area contributed by atoms with Crippen LogP contribution in [-0.2, 0) is 13.1 Å². The Balaban J connectivity index is 2.28. The fraction of sp³-hybridized carbons (Fsp3) is 0.706. The van der Waals surface area contributed by atoms with Crippen molar-refractivity contribution >= 4 is 0 Å². The summed E-state index contributed by atoms with van der Waals surface area (Å²) in [4.78, 5) is 14.3. The van der Waals surface area contributed by atoms with Gasteiger partial charge in [0.25, 0.3) is 0 Å². The van der Waals surface area contributed by atoms with Gasteiger partial charge in [-0.15, -0.1) is 0 Å². The third-order valence-electron chi connectivity index (χ3n) is 4.45. The van der Waals surface area contributed by atoms with Gasteiger partial charge in [0.05, 0.1) is 5.69 Å². The monoisotopic (exact) mass is 292 g/mol. The van der Waals surface area contributed by atoms with Crippen LogP contribution in [0.1, 0.15) is 50.9 Å². The van der Waals surface area contributed by atoms with Gasteiger partial charge in [-0.2, -0.15) is 0 Å². The number of likely N-dealkylation sites (tertiary alicyclic amines) is 1. The molecule has 2 rings (SSSR count). The normalized spacial score (nSPS) is 19.9. The molecule has 1 fully saturated rings. The number of nitrogens with zero attached hydrogens (tertiary/aromatic N) is 2. The van der Waals surface area contributed by atoms with Gasteiger partial charge in [-0.25, -0.2) is 0 Å². The van der Waals surface area contributed by atoms with E-state index in [0.29, 0.717) is 12.5 Å². The molecule has 118 valence electrons. The number of hydrogen-bond donors (Lipinski definition) is 1. The summed E-state index contributed by atoms with van der Waals surface area (Å²) in [6, 6.07) is 1.55. The molecule has 1 unspecified atom stereocenters. The van der Waals surface area contributed by atoms with Gasteiger partial charge in [0.15, 0.2) is 5.75 Å². The molecule has 4 heteroatoms. The fourth-order valence-electron chi connectivity index (χ4n) is 3.25. The zero-order chi connectivity index (χ0) is 15.4. The molecule has 0 bridgehead atoms. The molecule has 2 heterocycles. The van der Waals surface area contributed by atoms with Crippen molar-refractivity contribution < 1.29 is 5.11 Å². The van der Waals surface area contributed by atoms with Crippen molar-refractivity contribution in [2.45, 2.75) is 59.5 Å². The lowest BCUT2D eigenvalue weighted by molar-refractivity contribution is 0.170. The number of aryl methyl sites for hydroxylation is 1. The molecule has 0 aromatic carbocycles. The maximum atomic E-state index is 11.9. The van der Waals surface area contributed by atoms with Gasteiger partial charge in [0.2, 0.25) is 5.43 Å². The van der Waals surface area contributed by atoms with E-state index in [1.54, 1.807) is 6.07 Å². The van der Waals surface area contributed by atoms with E-state index in [-0.39, 0.29) is 11.2 Å². The van der Waals surface area contributed by atoms with Crippen molar-refractivity contribution in [1.29, 1.82) is 0 Å². The topological polar surface area (TPSA) is 45.5 Å². The lowest BCUT2D eigenvalue weighted by atomic mass is 10.00. The lowest BCUT2D eigenvalue weighted by Crippen LogP contribution is -2.35. The van der Waals surface area contributed by atoms with E-state index in [4.69, 9.17) is 0 Å². The van der Waals surface area contributed by atoms with Crippen LogP contribution in [-0.4, -0.2) is 27.7 Å². The Labute approximate surface area is 127 Å². The molecule has 0 amide bonds. The van der Waals surface area contributed by atoms with Crippen LogP contribution in [0.5, 0.6) is 5.75 Å². The molecule has 1 aliphatic rings. The first-order chi connectivity index (χ1) is 10.0. The average Bonchev–Trinajstić information content (AvgIpc) is 2.44. The largest absolute Gasteiger partial charge is 0.503 e. The maximum Gasteiger partial charge on any atom is 0.223 e. The Bertz CT molecular complexity index is 536. The van der Waals surface area contributed by atoms with Crippen LogP contribution in [0.2, 0.25) is 0 Å². The summed E-state index contributed by atoms with van der Waals surface area (Å²) >= 11 is 0. The fourth-order valence-corrected chi connectivity index (χ4v) is 3.25. The van der Waals surface area contributed by atoms with E-state index >= 15 is 0 Å². The highest BCUT2D eigenvalue weighted by atomic mass is 16.3. The third kappa shape index (κ3) is 3.88. The first-order valence-electron chi connectivity index (χ1n) is 8.17. The first-order valence-corrected chi connectivity index (χ1v) is 8.17. The van der Waals surface area contributed by atoms with Gasteiger partial charge in [0.1, 0.15) is 0 Å². The standard InChI is InChI=1S/C17H28N2O2/c1-4-5-9-19-14(3)10-16(20)17(21)15(19)12-18-8-6-7-13(2)11-18/h10,13,21H,4-9,11-12H2,1-3H3. The van der Waals surface area contributed by atoms with Gasteiger partial charge >= 0.3 is 0 Å². The maximum absolute atomic E-state index is 11.9. The van der Waals surface area contributed by atoms with Crippen LogP contribution in [0.3, 0.4) is 0 Å². The number of aromatic hydroxyl groups is 1. The summed E-state index contributed by atoms with van der Waals surface area (Å²) in [5, 5.41) is 10.2. The molecule has 1 saturated heterocycles. The molecular weight excluding hydrogens is 264 g/mol. The minimum absolute atomic E-state index is 0.0603. The highest BCUT2D eigenvalue weighted by molar-refractivity contribution is 5.29. The summed E-state index contributed by atoms with van der Waals surface area (Å²) in [7, 11) is 0. The van der Waals surface area contributed by atoms with Crippen LogP contribution in [0.25, 0.3) is 0 Å². The molecule has 4 nitrogen and oxygen atoms in total. The molecule has 21 heavy (non-hydrogen) atoms. The van der Waals surface area contributed by atoms with Gasteiger partial charge in [-0.3, -0.25) is 9.69 Å². The van der Waals surface area contributed by atoms with E-state index in [0.717, 1.165) is 43.9 Å². The third-order valence-corrected chi connectivity index (χ3v) is 4.45. The smallest absolute Gasteiger partial charge is 0.223 e. The van der Waals surface area contributed by atoms with Crippen molar-refractivity contribution in [1.82, 2.24) is 9.47 Å². The van der Waals surface area contributed by atoms with E-state index in [1.165, 1.54) is 12.8 Å². The summed E-state index contributed by atoms with van der Waals surface area (Å²) in [6.07, 6.45) is 4.64. The van der Waals surface area contributed by atoms with Gasteiger partial charge < -0.3 is 9.67 Å². The molecule has 1 aromatic heterocycles. The van der Waals surface area contributed by atoms with E-state index in [1.807, 2.05) is 6.92 Å². The average molecular weight is 292 g/mol. The number of rotatable bonds is 5. The second kappa shape index (κ2) is 7.12. The van der Waals surface area contributed by atoms with Gasteiger partial charge in [0, 0.05) is 31.4 Å². The van der Waals surface area contributed by atoms with E-state index in [9.17, 15) is 9.90 Å². The van der Waals surface area contributed by atoms with Crippen molar-refractivity contribution in [3.63, 3.8) is 0 Å². The predicted molar refractivity (Wildman–Crippen MR) is 85.7 cm³/mol. The minimum Gasteiger partial charge on any atom is -0.503 e. The molecule has 1 aromatic rings. The number of pyridine rings is 1. The zero-order valence-electron chi connectivity index (χ0n) is 13.6. The second-order valence-electron chi connectivity index (χ2n) is 6.43. The SMILES string of the molecule is CCCCn1c(C)cc(=O)c(O)c1CN1CCCC(C)C1. The Morgan fingerprint density at radius 3 is 2.86 bits per heavy atom.